The van der Waals surface area contributed by atoms with Crippen molar-refractivity contribution in [1.29, 1.82) is 0 Å². The summed E-state index contributed by atoms with van der Waals surface area (Å²) < 4.78 is 15.2. The fraction of sp³-hybridized carbons (Fsp3) is 0.583. The summed E-state index contributed by atoms with van der Waals surface area (Å²) in [4.78, 5) is 11.2. The molecule has 0 radical (unpaired) electrons. The summed E-state index contributed by atoms with van der Waals surface area (Å²) in [6.45, 7) is 6.03. The molecule has 0 bridgehead atoms. The monoisotopic (exact) mass is 241 g/mol. The van der Waals surface area contributed by atoms with Gasteiger partial charge in [-0.1, -0.05) is 0 Å². The number of esters is 1. The van der Waals surface area contributed by atoms with Crippen LogP contribution in [0.5, 0.6) is 0 Å². The van der Waals surface area contributed by atoms with Crippen molar-refractivity contribution in [3.05, 3.63) is 23.7 Å². The van der Waals surface area contributed by atoms with Crippen molar-refractivity contribution in [2.75, 3.05) is 26.9 Å². The van der Waals surface area contributed by atoms with Crippen molar-refractivity contribution < 1.29 is 18.7 Å². The average molecular weight is 241 g/mol. The van der Waals surface area contributed by atoms with Gasteiger partial charge in [0.15, 0.2) is 0 Å². The van der Waals surface area contributed by atoms with Gasteiger partial charge in [-0.05, 0) is 26.0 Å². The average Bonchev–Trinajstić information content (AvgIpc) is 2.83. The standard InChI is InChI=1S/C12H19NO4/c1-4-16-8-7-13-9(2)10-5-6-11(17-10)12(14)15-3/h5-6,9,13H,4,7-8H2,1-3H3. The van der Waals surface area contributed by atoms with Crippen LogP contribution in [-0.4, -0.2) is 32.8 Å². The molecule has 0 aliphatic heterocycles. The van der Waals surface area contributed by atoms with E-state index in [1.165, 1.54) is 7.11 Å². The molecule has 5 nitrogen and oxygen atoms in total. The van der Waals surface area contributed by atoms with Crippen molar-refractivity contribution in [1.82, 2.24) is 5.32 Å². The van der Waals surface area contributed by atoms with Gasteiger partial charge in [0.25, 0.3) is 0 Å². The van der Waals surface area contributed by atoms with Crippen LogP contribution in [-0.2, 0) is 9.47 Å². The molecule has 1 aromatic rings. The smallest absolute Gasteiger partial charge is 0.373 e. The number of furan rings is 1. The molecule has 0 spiro atoms. The first-order valence-corrected chi connectivity index (χ1v) is 5.68. The van der Waals surface area contributed by atoms with Crippen molar-refractivity contribution in [3.8, 4) is 0 Å². The van der Waals surface area contributed by atoms with Gasteiger partial charge in [0, 0.05) is 13.2 Å². The molecule has 1 N–H and O–H groups in total. The highest BCUT2D eigenvalue weighted by atomic mass is 16.5. The SMILES string of the molecule is CCOCCNC(C)c1ccc(C(=O)OC)o1. The van der Waals surface area contributed by atoms with Gasteiger partial charge in [-0.15, -0.1) is 0 Å². The fourth-order valence-electron chi connectivity index (χ4n) is 1.39. The Kier molecular flexibility index (Phi) is 5.72. The molecule has 0 aliphatic rings. The normalized spacial score (nSPS) is 12.4. The van der Waals surface area contributed by atoms with Gasteiger partial charge >= 0.3 is 5.97 Å². The summed E-state index contributed by atoms with van der Waals surface area (Å²) in [5, 5.41) is 3.23. The maximum Gasteiger partial charge on any atom is 0.373 e. The van der Waals surface area contributed by atoms with E-state index < -0.39 is 5.97 Å². The van der Waals surface area contributed by atoms with Crippen molar-refractivity contribution in [3.63, 3.8) is 0 Å². The van der Waals surface area contributed by atoms with E-state index in [4.69, 9.17) is 9.15 Å². The lowest BCUT2D eigenvalue weighted by atomic mass is 10.2. The number of carbonyl (C=O) groups is 1. The second kappa shape index (κ2) is 7.09. The molecule has 1 heterocycles. The summed E-state index contributed by atoms with van der Waals surface area (Å²) in [7, 11) is 1.33. The van der Waals surface area contributed by atoms with Crippen LogP contribution in [0.15, 0.2) is 16.5 Å². The Morgan fingerprint density at radius 3 is 2.94 bits per heavy atom. The predicted octanol–water partition coefficient (Wildman–Crippen LogP) is 1.75. The first-order chi connectivity index (χ1) is 8.19. The molecule has 96 valence electrons. The Balaban J connectivity index is 2.43. The van der Waals surface area contributed by atoms with E-state index in [-0.39, 0.29) is 11.8 Å². The fourth-order valence-corrected chi connectivity index (χ4v) is 1.39. The van der Waals surface area contributed by atoms with E-state index >= 15 is 0 Å². The predicted molar refractivity (Wildman–Crippen MR) is 63.0 cm³/mol. The molecular weight excluding hydrogens is 222 g/mol. The number of methoxy groups -OCH3 is 1. The van der Waals surface area contributed by atoms with Crippen LogP contribution in [0, 0.1) is 0 Å². The molecule has 1 unspecified atom stereocenters. The quantitative estimate of drug-likeness (QED) is 0.582. The second-order valence-corrected chi connectivity index (χ2v) is 3.57. The molecule has 0 saturated carbocycles. The number of ether oxygens (including phenoxy) is 2. The molecule has 0 fully saturated rings. The van der Waals surface area contributed by atoms with E-state index in [0.29, 0.717) is 19.0 Å². The Labute approximate surface area is 101 Å². The lowest BCUT2D eigenvalue weighted by Gasteiger charge is -2.10. The highest BCUT2D eigenvalue weighted by Crippen LogP contribution is 2.16. The maximum atomic E-state index is 11.2. The Morgan fingerprint density at radius 1 is 1.53 bits per heavy atom. The molecule has 0 saturated heterocycles. The number of rotatable bonds is 7. The third-order valence-electron chi connectivity index (χ3n) is 2.34. The molecule has 17 heavy (non-hydrogen) atoms. The van der Waals surface area contributed by atoms with Gasteiger partial charge < -0.3 is 19.2 Å². The van der Waals surface area contributed by atoms with Crippen LogP contribution < -0.4 is 5.32 Å². The highest BCUT2D eigenvalue weighted by Gasteiger charge is 2.14. The van der Waals surface area contributed by atoms with Gasteiger partial charge in [0.2, 0.25) is 5.76 Å². The van der Waals surface area contributed by atoms with E-state index in [0.717, 1.165) is 6.54 Å². The molecule has 1 rings (SSSR count). The van der Waals surface area contributed by atoms with Gasteiger partial charge in [0.1, 0.15) is 5.76 Å². The molecule has 1 atom stereocenters. The Bertz CT molecular complexity index is 348. The van der Waals surface area contributed by atoms with Crippen molar-refractivity contribution in [2.45, 2.75) is 19.9 Å². The zero-order chi connectivity index (χ0) is 12.7. The molecular formula is C12H19NO4. The third-order valence-corrected chi connectivity index (χ3v) is 2.34. The first kappa shape index (κ1) is 13.7. The highest BCUT2D eigenvalue weighted by molar-refractivity contribution is 5.86. The summed E-state index contributed by atoms with van der Waals surface area (Å²) in [6, 6.07) is 3.42. The summed E-state index contributed by atoms with van der Waals surface area (Å²) in [6.07, 6.45) is 0. The lowest BCUT2D eigenvalue weighted by molar-refractivity contribution is 0.0562. The molecule has 5 heteroatoms. The third kappa shape index (κ3) is 4.20. The number of hydrogen-bond donors (Lipinski definition) is 1. The van der Waals surface area contributed by atoms with Crippen LogP contribution in [0.25, 0.3) is 0 Å². The van der Waals surface area contributed by atoms with Crippen LogP contribution >= 0.6 is 0 Å². The zero-order valence-electron chi connectivity index (χ0n) is 10.5. The number of hydrogen-bond acceptors (Lipinski definition) is 5. The minimum Gasteiger partial charge on any atom is -0.463 e. The Morgan fingerprint density at radius 2 is 2.29 bits per heavy atom. The van der Waals surface area contributed by atoms with Gasteiger partial charge in [-0.25, -0.2) is 4.79 Å². The molecule has 0 aromatic carbocycles. The second-order valence-electron chi connectivity index (χ2n) is 3.57. The number of nitrogens with one attached hydrogen (secondary N) is 1. The van der Waals surface area contributed by atoms with E-state index in [1.54, 1.807) is 12.1 Å². The topological polar surface area (TPSA) is 60.7 Å². The summed E-state index contributed by atoms with van der Waals surface area (Å²) >= 11 is 0. The molecule has 0 amide bonds. The van der Waals surface area contributed by atoms with Crippen LogP contribution in [0.2, 0.25) is 0 Å². The van der Waals surface area contributed by atoms with Crippen LogP contribution in [0.1, 0.15) is 36.2 Å². The first-order valence-electron chi connectivity index (χ1n) is 5.68. The van der Waals surface area contributed by atoms with Crippen LogP contribution in [0.3, 0.4) is 0 Å². The zero-order valence-corrected chi connectivity index (χ0v) is 10.5. The van der Waals surface area contributed by atoms with E-state index in [1.807, 2.05) is 13.8 Å². The minimum atomic E-state index is -0.460. The van der Waals surface area contributed by atoms with Gasteiger partial charge in [-0.2, -0.15) is 0 Å². The molecule has 0 aliphatic carbocycles. The van der Waals surface area contributed by atoms with E-state index in [2.05, 4.69) is 10.1 Å². The lowest BCUT2D eigenvalue weighted by Crippen LogP contribution is -2.23. The van der Waals surface area contributed by atoms with Crippen molar-refractivity contribution >= 4 is 5.97 Å². The summed E-state index contributed by atoms with van der Waals surface area (Å²) in [5.74, 6) is 0.473. The molecule has 1 aromatic heterocycles. The van der Waals surface area contributed by atoms with E-state index in [9.17, 15) is 4.79 Å². The largest absolute Gasteiger partial charge is 0.463 e. The Hall–Kier alpha value is -1.33. The van der Waals surface area contributed by atoms with Gasteiger partial charge in [0.05, 0.1) is 19.8 Å². The van der Waals surface area contributed by atoms with Gasteiger partial charge in [-0.3, -0.25) is 0 Å². The van der Waals surface area contributed by atoms with Crippen LogP contribution in [0.4, 0.5) is 0 Å². The maximum absolute atomic E-state index is 11.2. The number of carbonyl (C=O) groups excluding carboxylic acids is 1. The minimum absolute atomic E-state index is 0.0360. The van der Waals surface area contributed by atoms with Crippen molar-refractivity contribution in [2.24, 2.45) is 0 Å². The summed E-state index contributed by atoms with van der Waals surface area (Å²) in [5.41, 5.74) is 0.